The molecule has 1 saturated carbocycles. The van der Waals surface area contributed by atoms with E-state index in [9.17, 15) is 9.59 Å². The summed E-state index contributed by atoms with van der Waals surface area (Å²) in [5.41, 5.74) is 1.37. The average molecular weight is 324 g/mol. The molecule has 1 aliphatic heterocycles. The lowest BCUT2D eigenvalue weighted by Gasteiger charge is -2.34. The molecule has 2 aromatic rings. The third-order valence-corrected chi connectivity index (χ3v) is 4.63. The quantitative estimate of drug-likeness (QED) is 0.861. The normalized spacial score (nSPS) is 17.8. The van der Waals surface area contributed by atoms with Gasteiger partial charge < -0.3 is 9.80 Å². The van der Waals surface area contributed by atoms with Crippen LogP contribution in [0, 0.1) is 5.92 Å². The number of carbonyl (C=O) groups excluding carboxylic acids is 2. The Labute approximate surface area is 140 Å². The largest absolute Gasteiger partial charge is 0.339 e. The van der Waals surface area contributed by atoms with Gasteiger partial charge >= 0.3 is 0 Å². The van der Waals surface area contributed by atoms with E-state index in [0.717, 1.165) is 18.5 Å². The van der Waals surface area contributed by atoms with Gasteiger partial charge in [-0.05, 0) is 31.0 Å². The summed E-state index contributed by atoms with van der Waals surface area (Å²) in [4.78, 5) is 28.4. The maximum Gasteiger partial charge on any atom is 0.274 e. The number of rotatable bonds is 3. The molecule has 0 bridgehead atoms. The molecule has 1 aromatic carbocycles. The van der Waals surface area contributed by atoms with Gasteiger partial charge in [-0.2, -0.15) is 5.10 Å². The molecule has 2 heterocycles. The molecule has 2 amide bonds. The minimum absolute atomic E-state index is 0.0665. The summed E-state index contributed by atoms with van der Waals surface area (Å²) in [5.74, 6) is 0.437. The predicted octanol–water partition coefficient (Wildman–Crippen LogP) is 1.57. The van der Waals surface area contributed by atoms with Gasteiger partial charge in [0.2, 0.25) is 5.91 Å². The van der Waals surface area contributed by atoms with E-state index in [2.05, 4.69) is 5.10 Å². The topological polar surface area (TPSA) is 58.4 Å². The highest BCUT2D eigenvalue weighted by atomic mass is 16.2. The molecule has 1 saturated heterocycles. The molecule has 124 valence electrons. The van der Waals surface area contributed by atoms with Crippen molar-refractivity contribution in [2.45, 2.75) is 12.8 Å². The van der Waals surface area contributed by atoms with Crippen molar-refractivity contribution < 1.29 is 9.59 Å². The lowest BCUT2D eigenvalue weighted by molar-refractivity contribution is -0.134. The molecule has 24 heavy (non-hydrogen) atoms. The van der Waals surface area contributed by atoms with Crippen molar-refractivity contribution in [1.82, 2.24) is 19.6 Å². The standard InChI is InChI=1S/C18H20N4O2/c23-17(14-6-7-14)20-10-12-21(13-11-20)18(24)16-8-9-22(19-16)15-4-2-1-3-5-15/h1-5,8-9,14H,6-7,10-13H2. The summed E-state index contributed by atoms with van der Waals surface area (Å²) in [6.45, 7) is 2.41. The molecule has 0 radical (unpaired) electrons. The summed E-state index contributed by atoms with van der Waals surface area (Å²) in [5, 5.41) is 4.39. The summed E-state index contributed by atoms with van der Waals surface area (Å²) < 4.78 is 1.71. The Bertz CT molecular complexity index is 743. The second-order valence-corrected chi connectivity index (χ2v) is 6.37. The highest BCUT2D eigenvalue weighted by Crippen LogP contribution is 2.31. The molecular weight excluding hydrogens is 304 g/mol. The number of hydrogen-bond donors (Lipinski definition) is 0. The fourth-order valence-corrected chi connectivity index (χ4v) is 3.04. The minimum atomic E-state index is -0.0665. The van der Waals surface area contributed by atoms with Gasteiger partial charge in [0.1, 0.15) is 0 Å². The van der Waals surface area contributed by atoms with Gasteiger partial charge in [-0.15, -0.1) is 0 Å². The second-order valence-electron chi connectivity index (χ2n) is 6.37. The summed E-state index contributed by atoms with van der Waals surface area (Å²) >= 11 is 0. The Balaban J connectivity index is 1.40. The van der Waals surface area contributed by atoms with Crippen LogP contribution in [0.3, 0.4) is 0 Å². The molecule has 0 unspecified atom stereocenters. The molecular formula is C18H20N4O2. The van der Waals surface area contributed by atoms with E-state index >= 15 is 0 Å². The van der Waals surface area contributed by atoms with Crippen LogP contribution in [0.25, 0.3) is 5.69 Å². The summed E-state index contributed by atoms with van der Waals surface area (Å²) in [6, 6.07) is 11.5. The highest BCUT2D eigenvalue weighted by molar-refractivity contribution is 5.92. The van der Waals surface area contributed by atoms with Gasteiger partial charge in [0.25, 0.3) is 5.91 Å². The zero-order valence-corrected chi connectivity index (χ0v) is 13.5. The van der Waals surface area contributed by atoms with Gasteiger partial charge in [-0.3, -0.25) is 9.59 Å². The summed E-state index contributed by atoms with van der Waals surface area (Å²) in [7, 11) is 0. The molecule has 1 aliphatic carbocycles. The monoisotopic (exact) mass is 324 g/mol. The number of para-hydroxylation sites is 1. The Morgan fingerprint density at radius 3 is 2.25 bits per heavy atom. The van der Waals surface area contributed by atoms with Gasteiger partial charge in [0, 0.05) is 38.3 Å². The van der Waals surface area contributed by atoms with Crippen molar-refractivity contribution in [3.63, 3.8) is 0 Å². The molecule has 4 rings (SSSR count). The third kappa shape index (κ3) is 2.91. The Morgan fingerprint density at radius 1 is 0.917 bits per heavy atom. The number of amides is 2. The smallest absolute Gasteiger partial charge is 0.274 e. The Morgan fingerprint density at radius 2 is 1.58 bits per heavy atom. The van der Waals surface area contributed by atoms with Crippen molar-refractivity contribution in [3.05, 3.63) is 48.3 Å². The summed E-state index contributed by atoms with van der Waals surface area (Å²) in [6.07, 6.45) is 3.85. The Hall–Kier alpha value is -2.63. The van der Waals surface area contributed by atoms with Gasteiger partial charge in [0.05, 0.1) is 5.69 Å². The van der Waals surface area contributed by atoms with Crippen LogP contribution >= 0.6 is 0 Å². The van der Waals surface area contributed by atoms with Gasteiger partial charge in [-0.25, -0.2) is 4.68 Å². The zero-order valence-electron chi connectivity index (χ0n) is 13.5. The van der Waals surface area contributed by atoms with E-state index in [4.69, 9.17) is 0 Å². The lowest BCUT2D eigenvalue weighted by atomic mass is 10.2. The molecule has 2 aliphatic rings. The van der Waals surface area contributed by atoms with E-state index < -0.39 is 0 Å². The van der Waals surface area contributed by atoms with Crippen LogP contribution in [0.4, 0.5) is 0 Å². The van der Waals surface area contributed by atoms with Crippen molar-refractivity contribution in [2.75, 3.05) is 26.2 Å². The van der Waals surface area contributed by atoms with Gasteiger partial charge in [-0.1, -0.05) is 18.2 Å². The van der Waals surface area contributed by atoms with Crippen LogP contribution in [0.1, 0.15) is 23.3 Å². The molecule has 6 heteroatoms. The molecule has 2 fully saturated rings. The number of nitrogens with zero attached hydrogens (tertiary/aromatic N) is 4. The predicted molar refractivity (Wildman–Crippen MR) is 88.8 cm³/mol. The fourth-order valence-electron chi connectivity index (χ4n) is 3.04. The molecule has 0 spiro atoms. The number of carbonyl (C=O) groups is 2. The second kappa shape index (κ2) is 6.11. The van der Waals surface area contributed by atoms with Crippen LogP contribution in [0.15, 0.2) is 42.6 Å². The molecule has 1 aromatic heterocycles. The molecule has 0 atom stereocenters. The average Bonchev–Trinajstić information content (AvgIpc) is 3.38. The van der Waals surface area contributed by atoms with E-state index in [1.54, 1.807) is 21.8 Å². The minimum Gasteiger partial charge on any atom is -0.339 e. The number of piperazine rings is 1. The molecule has 0 N–H and O–H groups in total. The maximum atomic E-state index is 12.6. The van der Waals surface area contributed by atoms with Crippen molar-refractivity contribution in [3.8, 4) is 5.69 Å². The lowest BCUT2D eigenvalue weighted by Crippen LogP contribution is -2.51. The first-order valence-electron chi connectivity index (χ1n) is 8.41. The van der Waals surface area contributed by atoms with E-state index in [-0.39, 0.29) is 17.7 Å². The van der Waals surface area contributed by atoms with Crippen LogP contribution in [0.5, 0.6) is 0 Å². The zero-order chi connectivity index (χ0) is 16.5. The van der Waals surface area contributed by atoms with E-state index in [0.29, 0.717) is 31.9 Å². The number of benzene rings is 1. The van der Waals surface area contributed by atoms with Crippen molar-refractivity contribution in [1.29, 1.82) is 0 Å². The van der Waals surface area contributed by atoms with E-state index in [1.807, 2.05) is 35.2 Å². The number of aromatic nitrogens is 2. The van der Waals surface area contributed by atoms with E-state index in [1.165, 1.54) is 0 Å². The van der Waals surface area contributed by atoms with Crippen LogP contribution in [0.2, 0.25) is 0 Å². The highest BCUT2D eigenvalue weighted by Gasteiger charge is 2.35. The first-order valence-corrected chi connectivity index (χ1v) is 8.41. The first-order chi connectivity index (χ1) is 11.7. The van der Waals surface area contributed by atoms with Crippen molar-refractivity contribution >= 4 is 11.8 Å². The van der Waals surface area contributed by atoms with Crippen LogP contribution < -0.4 is 0 Å². The first kappa shape index (κ1) is 14.9. The SMILES string of the molecule is O=C(c1ccn(-c2ccccc2)n1)N1CCN(C(=O)C2CC2)CC1. The van der Waals surface area contributed by atoms with Crippen LogP contribution in [-0.2, 0) is 4.79 Å². The Kier molecular flexibility index (Phi) is 3.80. The number of hydrogen-bond acceptors (Lipinski definition) is 3. The van der Waals surface area contributed by atoms with Crippen LogP contribution in [-0.4, -0.2) is 57.6 Å². The van der Waals surface area contributed by atoms with Crippen molar-refractivity contribution in [2.24, 2.45) is 5.92 Å². The third-order valence-electron chi connectivity index (χ3n) is 4.63. The fraction of sp³-hybridized carbons (Fsp3) is 0.389. The molecule has 6 nitrogen and oxygen atoms in total. The van der Waals surface area contributed by atoms with Gasteiger partial charge in [0.15, 0.2) is 5.69 Å². The maximum absolute atomic E-state index is 12.6.